The van der Waals surface area contributed by atoms with Crippen LogP contribution < -0.4 is 4.90 Å². The molecule has 6 rings (SSSR count). The van der Waals surface area contributed by atoms with Crippen molar-refractivity contribution in [2.24, 2.45) is 0 Å². The molecule has 0 saturated carbocycles. The summed E-state index contributed by atoms with van der Waals surface area (Å²) >= 11 is 1.89. The van der Waals surface area contributed by atoms with Crippen LogP contribution in [0.2, 0.25) is 0 Å². The summed E-state index contributed by atoms with van der Waals surface area (Å²) in [6.45, 7) is 7.44. The number of rotatable bonds is 9. The lowest BCUT2D eigenvalue weighted by atomic mass is 10.1. The molecular weight excluding hydrogens is 546 g/mol. The molecule has 5 heterocycles. The molecule has 0 spiro atoms. The minimum absolute atomic E-state index is 0.223. The third-order valence-corrected chi connectivity index (χ3v) is 11.2. The molecule has 2 aromatic heterocycles. The average molecular weight is 586 g/mol. The minimum atomic E-state index is -3.20. The van der Waals surface area contributed by atoms with Crippen molar-refractivity contribution in [1.29, 1.82) is 0 Å². The van der Waals surface area contributed by atoms with Gasteiger partial charge in [0.05, 0.1) is 29.6 Å². The van der Waals surface area contributed by atoms with Gasteiger partial charge in [-0.15, -0.1) is 11.8 Å². The van der Waals surface area contributed by atoms with Gasteiger partial charge in [0.2, 0.25) is 10.0 Å². The van der Waals surface area contributed by atoms with Gasteiger partial charge in [-0.1, -0.05) is 12.1 Å². The number of piperazine rings is 1. The number of benzene rings is 1. The van der Waals surface area contributed by atoms with E-state index < -0.39 is 10.0 Å². The second kappa shape index (κ2) is 11.9. The summed E-state index contributed by atoms with van der Waals surface area (Å²) in [7, 11) is 0.756. The predicted molar refractivity (Wildman–Crippen MR) is 161 cm³/mol. The molecule has 12 heteroatoms. The molecule has 0 amide bonds. The van der Waals surface area contributed by atoms with Crippen LogP contribution in [0.15, 0.2) is 35.4 Å². The Bertz CT molecular complexity index is 1430. The zero-order chi connectivity index (χ0) is 27.7. The van der Waals surface area contributed by atoms with Gasteiger partial charge in [-0.3, -0.25) is 4.90 Å². The maximum atomic E-state index is 12.8. The van der Waals surface area contributed by atoms with Gasteiger partial charge >= 0.3 is 0 Å². The Morgan fingerprint density at radius 1 is 1.07 bits per heavy atom. The normalized spacial score (nSPS) is 21.0. The quantitative estimate of drug-likeness (QED) is 0.406. The highest BCUT2D eigenvalue weighted by Gasteiger charge is 2.34. The Labute approximate surface area is 241 Å². The molecule has 0 bridgehead atoms. The standard InChI is InChI=1S/C28H39N7O3S2/c1-32(2)9-4-18-40(36,37)35-12-10-33(11-13-35)20-21-19-25-26(39-21)28(34-14-16-38-17-15-34)31-27(30-25)23-5-3-6-24-22(23)7-8-29-24/h3,5-8,21,29H,4,9-20H2,1-2H3. The topological polar surface area (TPSA) is 97.9 Å². The molecule has 2 saturated heterocycles. The summed E-state index contributed by atoms with van der Waals surface area (Å²) in [5.74, 6) is 2.03. The average Bonchev–Trinajstić information content (AvgIpc) is 3.59. The fourth-order valence-corrected chi connectivity index (χ4v) is 8.71. The largest absolute Gasteiger partial charge is 0.378 e. The van der Waals surface area contributed by atoms with Crippen molar-refractivity contribution in [3.63, 3.8) is 0 Å². The molecular formula is C28H39N7O3S2. The number of hydrogen-bond donors (Lipinski definition) is 1. The maximum absolute atomic E-state index is 12.8. The Morgan fingerprint density at radius 2 is 1.88 bits per heavy atom. The number of aromatic nitrogens is 3. The summed E-state index contributed by atoms with van der Waals surface area (Å²) < 4.78 is 33.0. The van der Waals surface area contributed by atoms with E-state index in [0.29, 0.717) is 38.0 Å². The fraction of sp³-hybridized carbons (Fsp3) is 0.571. The van der Waals surface area contributed by atoms with Crippen molar-refractivity contribution < 1.29 is 13.2 Å². The third kappa shape index (κ3) is 6.02. The molecule has 3 aliphatic heterocycles. The number of hydrogen-bond acceptors (Lipinski definition) is 9. The van der Waals surface area contributed by atoms with Crippen LogP contribution in [0.4, 0.5) is 5.82 Å². The summed E-state index contributed by atoms with van der Waals surface area (Å²) in [6, 6.07) is 8.33. The van der Waals surface area contributed by atoms with Gasteiger partial charge in [0.25, 0.3) is 0 Å². The van der Waals surface area contributed by atoms with E-state index in [4.69, 9.17) is 14.7 Å². The van der Waals surface area contributed by atoms with Crippen LogP contribution in [0.5, 0.6) is 0 Å². The molecule has 216 valence electrons. The number of morpholine rings is 1. The molecule has 3 aliphatic rings. The van der Waals surface area contributed by atoms with Gasteiger partial charge in [0.1, 0.15) is 5.82 Å². The number of nitrogens with one attached hydrogen (secondary N) is 1. The van der Waals surface area contributed by atoms with Gasteiger partial charge in [-0.05, 0) is 39.2 Å². The monoisotopic (exact) mass is 585 g/mol. The highest BCUT2D eigenvalue weighted by atomic mass is 32.2. The number of aromatic amines is 1. The third-order valence-electron chi connectivity index (χ3n) is 7.96. The first-order valence-corrected chi connectivity index (χ1v) is 16.7. The van der Waals surface area contributed by atoms with E-state index in [9.17, 15) is 8.42 Å². The molecule has 0 aliphatic carbocycles. The molecule has 10 nitrogen and oxygen atoms in total. The second-order valence-electron chi connectivity index (χ2n) is 11.1. The van der Waals surface area contributed by atoms with Gasteiger partial charge in [-0.2, -0.15) is 4.31 Å². The Hall–Kier alpha value is -2.22. The molecule has 1 N–H and O–H groups in total. The minimum Gasteiger partial charge on any atom is -0.378 e. The van der Waals surface area contributed by atoms with Crippen LogP contribution in [0.3, 0.4) is 0 Å². The van der Waals surface area contributed by atoms with Gasteiger partial charge in [0.15, 0.2) is 5.82 Å². The number of nitrogens with zero attached hydrogens (tertiary/aromatic N) is 6. The number of H-pyrrole nitrogens is 1. The van der Waals surface area contributed by atoms with E-state index in [1.54, 1.807) is 4.31 Å². The van der Waals surface area contributed by atoms with Crippen LogP contribution in [0.1, 0.15) is 12.1 Å². The van der Waals surface area contributed by atoms with Gasteiger partial charge in [-0.25, -0.2) is 18.4 Å². The van der Waals surface area contributed by atoms with Crippen molar-refractivity contribution in [1.82, 2.24) is 29.1 Å². The first-order valence-electron chi connectivity index (χ1n) is 14.2. The van der Waals surface area contributed by atoms with Crippen molar-refractivity contribution >= 4 is 38.5 Å². The summed E-state index contributed by atoms with van der Waals surface area (Å²) in [5.41, 5.74) is 3.25. The van der Waals surface area contributed by atoms with Gasteiger partial charge in [0, 0.05) is 80.1 Å². The predicted octanol–water partition coefficient (Wildman–Crippen LogP) is 2.38. The summed E-state index contributed by atoms with van der Waals surface area (Å²) in [4.78, 5) is 21.6. The summed E-state index contributed by atoms with van der Waals surface area (Å²) in [5, 5.41) is 1.50. The molecule has 1 unspecified atom stereocenters. The maximum Gasteiger partial charge on any atom is 0.214 e. The van der Waals surface area contributed by atoms with E-state index in [2.05, 4.69) is 39.0 Å². The second-order valence-corrected chi connectivity index (χ2v) is 14.5. The smallest absolute Gasteiger partial charge is 0.214 e. The molecule has 2 fully saturated rings. The van der Waals surface area contributed by atoms with Crippen molar-refractivity contribution in [3.05, 3.63) is 36.2 Å². The lowest BCUT2D eigenvalue weighted by molar-refractivity contribution is 0.122. The van der Waals surface area contributed by atoms with E-state index in [0.717, 1.165) is 79.5 Å². The highest BCUT2D eigenvalue weighted by Crippen LogP contribution is 2.43. The van der Waals surface area contributed by atoms with E-state index in [-0.39, 0.29) is 5.75 Å². The molecule has 40 heavy (non-hydrogen) atoms. The molecule has 3 aromatic rings. The van der Waals surface area contributed by atoms with Crippen LogP contribution in [-0.2, 0) is 21.2 Å². The SMILES string of the molecule is CN(C)CCCS(=O)(=O)N1CCN(CC2Cc3nc(-c4cccc5[nH]ccc45)nc(N4CCOCC4)c3S2)CC1. The van der Waals surface area contributed by atoms with Crippen LogP contribution >= 0.6 is 11.8 Å². The first-order chi connectivity index (χ1) is 19.4. The first kappa shape index (κ1) is 27.9. The van der Waals surface area contributed by atoms with Crippen LogP contribution in [0, 0.1) is 0 Å². The zero-order valence-corrected chi connectivity index (χ0v) is 25.0. The molecule has 0 radical (unpaired) electrons. The van der Waals surface area contributed by atoms with Crippen LogP contribution in [-0.4, -0.2) is 128 Å². The molecule has 1 atom stereocenters. The number of thioether (sulfide) groups is 1. The van der Waals surface area contributed by atoms with Crippen molar-refractivity contribution in [2.45, 2.75) is 23.0 Å². The number of sulfonamides is 1. The molecule has 1 aromatic carbocycles. The summed E-state index contributed by atoms with van der Waals surface area (Å²) in [6.07, 6.45) is 3.52. The van der Waals surface area contributed by atoms with E-state index >= 15 is 0 Å². The van der Waals surface area contributed by atoms with Crippen LogP contribution in [0.25, 0.3) is 22.3 Å². The Kier molecular flexibility index (Phi) is 8.34. The van der Waals surface area contributed by atoms with E-state index in [1.165, 1.54) is 4.90 Å². The van der Waals surface area contributed by atoms with Crippen molar-refractivity contribution in [3.8, 4) is 11.4 Å². The highest BCUT2D eigenvalue weighted by molar-refractivity contribution is 8.00. The Balaban J connectivity index is 1.16. The number of ether oxygens (including phenoxy) is 1. The number of anilines is 1. The number of fused-ring (bicyclic) bond motifs is 2. The van der Waals surface area contributed by atoms with Gasteiger partial charge < -0.3 is 19.5 Å². The van der Waals surface area contributed by atoms with E-state index in [1.807, 2.05) is 37.0 Å². The fourth-order valence-electron chi connectivity index (χ4n) is 5.83. The van der Waals surface area contributed by atoms with Crippen molar-refractivity contribution in [2.75, 3.05) is 90.3 Å². The lowest BCUT2D eigenvalue weighted by Crippen LogP contribution is -2.50. The zero-order valence-electron chi connectivity index (χ0n) is 23.4. The lowest BCUT2D eigenvalue weighted by Gasteiger charge is -2.35. The Morgan fingerprint density at radius 3 is 2.65 bits per heavy atom.